The Labute approximate surface area is 131 Å². The van der Waals surface area contributed by atoms with Crippen molar-refractivity contribution in [2.24, 2.45) is 0 Å². The van der Waals surface area contributed by atoms with Crippen molar-refractivity contribution in [3.8, 4) is 0 Å². The molecule has 1 unspecified atom stereocenters. The first-order chi connectivity index (χ1) is 9.86. The molecule has 2 aromatic carbocycles. The zero-order valence-corrected chi connectivity index (χ0v) is 12.5. The zero-order chi connectivity index (χ0) is 15.6. The Balaban J connectivity index is 2.37. The molecule has 2 aromatic rings. The maximum atomic E-state index is 13.4. The first-order valence-corrected chi connectivity index (χ1v) is 6.84. The minimum atomic E-state index is -1.12. The molecule has 110 valence electrons. The molecule has 0 aliphatic carbocycles. The van der Waals surface area contributed by atoms with Gasteiger partial charge in [0, 0.05) is 21.3 Å². The topological polar surface area (TPSA) is 49.3 Å². The molecule has 1 atom stereocenters. The SMILES string of the molecule is Cc1cc(F)cc(NC(C(=O)O)c2ccc(Cl)cc2Cl)c1. The van der Waals surface area contributed by atoms with Crippen LogP contribution in [0.5, 0.6) is 0 Å². The van der Waals surface area contributed by atoms with Crippen LogP contribution in [-0.4, -0.2) is 11.1 Å². The van der Waals surface area contributed by atoms with E-state index in [4.69, 9.17) is 23.2 Å². The molecule has 0 heterocycles. The summed E-state index contributed by atoms with van der Waals surface area (Å²) in [6, 6.07) is 7.69. The van der Waals surface area contributed by atoms with Crippen molar-refractivity contribution < 1.29 is 14.3 Å². The van der Waals surface area contributed by atoms with Gasteiger partial charge < -0.3 is 10.4 Å². The van der Waals surface area contributed by atoms with E-state index in [0.717, 1.165) is 0 Å². The number of anilines is 1. The van der Waals surface area contributed by atoms with Crippen LogP contribution >= 0.6 is 23.2 Å². The summed E-state index contributed by atoms with van der Waals surface area (Å²) < 4.78 is 13.4. The summed E-state index contributed by atoms with van der Waals surface area (Å²) in [4.78, 5) is 11.5. The number of carbonyl (C=O) groups is 1. The van der Waals surface area contributed by atoms with Crippen molar-refractivity contribution in [1.29, 1.82) is 0 Å². The molecule has 0 bridgehead atoms. The maximum absolute atomic E-state index is 13.4. The normalized spacial score (nSPS) is 12.0. The highest BCUT2D eigenvalue weighted by atomic mass is 35.5. The highest BCUT2D eigenvalue weighted by molar-refractivity contribution is 6.35. The van der Waals surface area contributed by atoms with Crippen LogP contribution in [0.1, 0.15) is 17.2 Å². The predicted octanol–water partition coefficient (Wildman–Crippen LogP) is 4.68. The van der Waals surface area contributed by atoms with Gasteiger partial charge >= 0.3 is 5.97 Å². The average molecular weight is 328 g/mol. The minimum Gasteiger partial charge on any atom is -0.479 e. The van der Waals surface area contributed by atoms with E-state index in [2.05, 4.69) is 5.32 Å². The van der Waals surface area contributed by atoms with E-state index in [1.165, 1.54) is 24.3 Å². The van der Waals surface area contributed by atoms with E-state index in [1.54, 1.807) is 19.1 Å². The monoisotopic (exact) mass is 327 g/mol. The molecule has 0 saturated heterocycles. The van der Waals surface area contributed by atoms with E-state index < -0.39 is 17.8 Å². The third-order valence-corrected chi connectivity index (χ3v) is 3.44. The lowest BCUT2D eigenvalue weighted by molar-refractivity contribution is -0.138. The summed E-state index contributed by atoms with van der Waals surface area (Å²) in [7, 11) is 0. The van der Waals surface area contributed by atoms with Crippen molar-refractivity contribution >= 4 is 34.9 Å². The number of nitrogens with one attached hydrogen (secondary N) is 1. The lowest BCUT2D eigenvalue weighted by Gasteiger charge is -2.18. The summed E-state index contributed by atoms with van der Waals surface area (Å²) in [5.74, 6) is -1.56. The van der Waals surface area contributed by atoms with Gasteiger partial charge in [0.05, 0.1) is 0 Å². The van der Waals surface area contributed by atoms with Gasteiger partial charge in [-0.3, -0.25) is 0 Å². The van der Waals surface area contributed by atoms with Crippen LogP contribution in [0.2, 0.25) is 10.0 Å². The number of aryl methyl sites for hydroxylation is 1. The van der Waals surface area contributed by atoms with Crippen molar-refractivity contribution in [1.82, 2.24) is 0 Å². The Morgan fingerprint density at radius 1 is 1.24 bits per heavy atom. The maximum Gasteiger partial charge on any atom is 0.330 e. The third kappa shape index (κ3) is 3.86. The number of halogens is 3. The zero-order valence-electron chi connectivity index (χ0n) is 11.0. The second-order valence-electron chi connectivity index (χ2n) is 4.60. The summed E-state index contributed by atoms with van der Waals surface area (Å²) >= 11 is 11.8. The molecule has 0 aliphatic rings. The number of carboxylic acids is 1. The van der Waals surface area contributed by atoms with Gasteiger partial charge in [0.1, 0.15) is 5.82 Å². The summed E-state index contributed by atoms with van der Waals surface area (Å²) in [6.45, 7) is 1.72. The number of hydrogen-bond acceptors (Lipinski definition) is 2. The second-order valence-corrected chi connectivity index (χ2v) is 5.44. The quantitative estimate of drug-likeness (QED) is 0.857. The molecule has 21 heavy (non-hydrogen) atoms. The number of benzene rings is 2. The number of aliphatic carboxylic acids is 1. The largest absolute Gasteiger partial charge is 0.479 e. The van der Waals surface area contributed by atoms with Crippen molar-refractivity contribution in [2.75, 3.05) is 5.32 Å². The number of carboxylic acid groups (broad SMARTS) is 1. The molecule has 2 rings (SSSR count). The summed E-state index contributed by atoms with van der Waals surface area (Å²) in [5.41, 5.74) is 1.41. The lowest BCUT2D eigenvalue weighted by atomic mass is 10.1. The van der Waals surface area contributed by atoms with Gasteiger partial charge in [0.25, 0.3) is 0 Å². The number of rotatable bonds is 4. The first kappa shape index (κ1) is 15.6. The molecule has 3 nitrogen and oxygen atoms in total. The van der Waals surface area contributed by atoms with Gasteiger partial charge in [0.15, 0.2) is 6.04 Å². The molecular formula is C15H12Cl2FNO2. The number of hydrogen-bond donors (Lipinski definition) is 2. The molecular weight excluding hydrogens is 316 g/mol. The van der Waals surface area contributed by atoms with Crippen molar-refractivity contribution in [3.05, 3.63) is 63.4 Å². The molecule has 0 spiro atoms. The van der Waals surface area contributed by atoms with E-state index in [0.29, 0.717) is 21.8 Å². The van der Waals surface area contributed by atoms with Gasteiger partial charge in [-0.2, -0.15) is 0 Å². The molecule has 0 amide bonds. The Morgan fingerprint density at radius 3 is 2.52 bits per heavy atom. The Hall–Kier alpha value is -1.78. The smallest absolute Gasteiger partial charge is 0.330 e. The average Bonchev–Trinajstić information content (AvgIpc) is 2.35. The van der Waals surface area contributed by atoms with Crippen molar-refractivity contribution in [2.45, 2.75) is 13.0 Å². The standard InChI is InChI=1S/C15H12Cl2FNO2/c1-8-4-10(18)7-11(5-8)19-14(15(20)21)12-3-2-9(16)6-13(12)17/h2-7,14,19H,1H3,(H,20,21). The highest BCUT2D eigenvalue weighted by Crippen LogP contribution is 2.29. The van der Waals surface area contributed by atoms with Crippen LogP contribution < -0.4 is 5.32 Å². The van der Waals surface area contributed by atoms with Gasteiger partial charge in [-0.1, -0.05) is 29.3 Å². The fourth-order valence-corrected chi connectivity index (χ4v) is 2.51. The minimum absolute atomic E-state index is 0.232. The predicted molar refractivity (Wildman–Crippen MR) is 81.6 cm³/mol. The molecule has 2 N–H and O–H groups in total. The van der Waals surface area contributed by atoms with Crippen molar-refractivity contribution in [3.63, 3.8) is 0 Å². The van der Waals surface area contributed by atoms with Gasteiger partial charge in [-0.05, 0) is 42.8 Å². The van der Waals surface area contributed by atoms with Crippen LogP contribution in [0.4, 0.5) is 10.1 Å². The molecule has 0 aliphatic heterocycles. The Bertz CT molecular complexity index is 671. The van der Waals surface area contributed by atoms with E-state index in [-0.39, 0.29) is 5.02 Å². The summed E-state index contributed by atoms with van der Waals surface area (Å²) in [5, 5.41) is 12.8. The Morgan fingerprint density at radius 2 is 1.95 bits per heavy atom. The van der Waals surface area contributed by atoms with Gasteiger partial charge in [0.2, 0.25) is 0 Å². The molecule has 0 radical (unpaired) electrons. The lowest BCUT2D eigenvalue weighted by Crippen LogP contribution is -2.21. The fraction of sp³-hybridized carbons (Fsp3) is 0.133. The van der Waals surface area contributed by atoms with Gasteiger partial charge in [-0.15, -0.1) is 0 Å². The first-order valence-electron chi connectivity index (χ1n) is 6.08. The van der Waals surface area contributed by atoms with E-state index in [1.807, 2.05) is 0 Å². The van der Waals surface area contributed by atoms with E-state index in [9.17, 15) is 14.3 Å². The highest BCUT2D eigenvalue weighted by Gasteiger charge is 2.22. The van der Waals surface area contributed by atoms with Crippen LogP contribution in [-0.2, 0) is 4.79 Å². The molecule has 6 heteroatoms. The molecule has 0 saturated carbocycles. The van der Waals surface area contributed by atoms with Gasteiger partial charge in [-0.25, -0.2) is 9.18 Å². The van der Waals surface area contributed by atoms with Crippen LogP contribution in [0.15, 0.2) is 36.4 Å². The summed E-state index contributed by atoms with van der Waals surface area (Å²) in [6.07, 6.45) is 0. The second kappa shape index (κ2) is 6.33. The Kier molecular flexibility index (Phi) is 4.70. The van der Waals surface area contributed by atoms with Crippen LogP contribution in [0, 0.1) is 12.7 Å². The fourth-order valence-electron chi connectivity index (χ4n) is 1.99. The van der Waals surface area contributed by atoms with Crippen LogP contribution in [0.3, 0.4) is 0 Å². The molecule has 0 aromatic heterocycles. The molecule has 0 fully saturated rings. The van der Waals surface area contributed by atoms with Crippen LogP contribution in [0.25, 0.3) is 0 Å². The third-order valence-electron chi connectivity index (χ3n) is 2.87. The van der Waals surface area contributed by atoms with E-state index >= 15 is 0 Å².